The molecule has 2 heterocycles. The van der Waals surface area contributed by atoms with E-state index in [1.54, 1.807) is 17.8 Å². The standard InChI is InChI=1S/C32H35N7O2/c1-32(2,3)27-17-29(39(37-27)23-12-10-21(11-13-23)19-38(5)6)36-31(40)26-9-7-8-22-16-24(14-15-25(22)26)41-30-18-28(33-4)34-20-35-30/h7-18,20H,19H2,1-6H3,(H,36,40)(H,33,34,35). The highest BCUT2D eigenvalue weighted by atomic mass is 16.5. The topological polar surface area (TPSA) is 97.2 Å². The molecule has 0 saturated carbocycles. The summed E-state index contributed by atoms with van der Waals surface area (Å²) in [5.74, 6) is 2.09. The lowest BCUT2D eigenvalue weighted by Gasteiger charge is -2.14. The quantitative estimate of drug-likeness (QED) is 0.236. The minimum Gasteiger partial charge on any atom is -0.439 e. The van der Waals surface area contributed by atoms with Gasteiger partial charge in [0.25, 0.3) is 5.91 Å². The molecule has 210 valence electrons. The van der Waals surface area contributed by atoms with Gasteiger partial charge in [-0.15, -0.1) is 0 Å². The molecule has 0 unspecified atom stereocenters. The summed E-state index contributed by atoms with van der Waals surface area (Å²) in [5.41, 5.74) is 3.33. The maximum Gasteiger partial charge on any atom is 0.257 e. The Hall–Kier alpha value is -4.76. The average Bonchev–Trinajstić information content (AvgIpc) is 3.37. The molecule has 0 saturated heterocycles. The number of fused-ring (bicyclic) bond motifs is 1. The van der Waals surface area contributed by atoms with Gasteiger partial charge in [-0.2, -0.15) is 5.10 Å². The minimum atomic E-state index is -0.218. The summed E-state index contributed by atoms with van der Waals surface area (Å²) in [6, 6.07) is 23.2. The normalized spacial score (nSPS) is 11.6. The molecule has 1 amide bonds. The van der Waals surface area contributed by atoms with Gasteiger partial charge in [-0.25, -0.2) is 14.6 Å². The summed E-state index contributed by atoms with van der Waals surface area (Å²) in [6.07, 6.45) is 1.44. The number of rotatable bonds is 8. The monoisotopic (exact) mass is 549 g/mol. The van der Waals surface area contributed by atoms with E-state index in [0.717, 1.165) is 28.7 Å². The van der Waals surface area contributed by atoms with Crippen molar-refractivity contribution >= 4 is 28.3 Å². The van der Waals surface area contributed by atoms with Crippen LogP contribution < -0.4 is 15.4 Å². The first kappa shape index (κ1) is 27.8. The van der Waals surface area contributed by atoms with Crippen LogP contribution in [-0.2, 0) is 12.0 Å². The van der Waals surface area contributed by atoms with Gasteiger partial charge >= 0.3 is 0 Å². The number of hydrogen-bond donors (Lipinski definition) is 2. The van der Waals surface area contributed by atoms with Crippen molar-refractivity contribution in [2.75, 3.05) is 31.8 Å². The second-order valence-corrected chi connectivity index (χ2v) is 11.2. The highest BCUT2D eigenvalue weighted by Gasteiger charge is 2.22. The molecule has 2 N–H and O–H groups in total. The van der Waals surface area contributed by atoms with Gasteiger partial charge in [-0.3, -0.25) is 4.79 Å². The number of benzene rings is 3. The van der Waals surface area contributed by atoms with Gasteiger partial charge in [0.15, 0.2) is 0 Å². The summed E-state index contributed by atoms with van der Waals surface area (Å²) in [4.78, 5) is 24.1. The van der Waals surface area contributed by atoms with Crippen LogP contribution in [0.1, 0.15) is 42.4 Å². The molecule has 0 aliphatic carbocycles. The van der Waals surface area contributed by atoms with E-state index in [1.165, 1.54) is 11.9 Å². The Balaban J connectivity index is 1.44. The Labute approximate surface area is 240 Å². The predicted octanol–water partition coefficient (Wildman–Crippen LogP) is 6.26. The lowest BCUT2D eigenvalue weighted by Crippen LogP contribution is -2.16. The summed E-state index contributed by atoms with van der Waals surface area (Å²) < 4.78 is 7.75. The van der Waals surface area contributed by atoms with Gasteiger partial charge in [0, 0.05) is 36.7 Å². The van der Waals surface area contributed by atoms with Crippen LogP contribution in [0, 0.1) is 0 Å². The van der Waals surface area contributed by atoms with Crippen molar-refractivity contribution in [3.63, 3.8) is 0 Å². The molecule has 5 aromatic rings. The van der Waals surface area contributed by atoms with Crippen molar-refractivity contribution in [1.82, 2.24) is 24.6 Å². The summed E-state index contributed by atoms with van der Waals surface area (Å²) in [6.45, 7) is 7.17. The van der Waals surface area contributed by atoms with Gasteiger partial charge in [-0.05, 0) is 66.8 Å². The number of aromatic nitrogens is 4. The lowest BCUT2D eigenvalue weighted by atomic mass is 9.92. The van der Waals surface area contributed by atoms with E-state index in [2.05, 4.69) is 58.4 Å². The van der Waals surface area contributed by atoms with Crippen molar-refractivity contribution in [3.05, 3.63) is 95.9 Å². The molecular weight excluding hydrogens is 514 g/mol. The zero-order chi connectivity index (χ0) is 29.1. The van der Waals surface area contributed by atoms with Gasteiger partial charge in [-0.1, -0.05) is 45.0 Å². The first-order chi connectivity index (χ1) is 19.6. The third kappa shape index (κ3) is 6.36. The third-order valence-electron chi connectivity index (χ3n) is 6.62. The van der Waals surface area contributed by atoms with Crippen LogP contribution >= 0.6 is 0 Å². The fraction of sp³-hybridized carbons (Fsp3) is 0.250. The zero-order valence-electron chi connectivity index (χ0n) is 24.3. The largest absolute Gasteiger partial charge is 0.439 e. The minimum absolute atomic E-state index is 0.191. The van der Waals surface area contributed by atoms with E-state index in [1.807, 2.05) is 68.7 Å². The summed E-state index contributed by atoms with van der Waals surface area (Å²) in [7, 11) is 5.88. The van der Waals surface area contributed by atoms with Crippen LogP contribution in [0.25, 0.3) is 16.5 Å². The van der Waals surface area contributed by atoms with Crippen LogP contribution in [0.5, 0.6) is 11.6 Å². The van der Waals surface area contributed by atoms with E-state index in [9.17, 15) is 4.79 Å². The number of amides is 1. The summed E-state index contributed by atoms with van der Waals surface area (Å²) in [5, 5.41) is 12.7. The molecule has 0 radical (unpaired) electrons. The Morgan fingerprint density at radius 2 is 1.76 bits per heavy atom. The van der Waals surface area contributed by atoms with Crippen molar-refractivity contribution in [2.45, 2.75) is 32.7 Å². The first-order valence-electron chi connectivity index (χ1n) is 13.5. The van der Waals surface area contributed by atoms with Crippen molar-refractivity contribution in [1.29, 1.82) is 0 Å². The third-order valence-corrected chi connectivity index (χ3v) is 6.62. The van der Waals surface area contributed by atoms with Crippen LogP contribution in [0.3, 0.4) is 0 Å². The van der Waals surface area contributed by atoms with Gasteiger partial charge in [0.2, 0.25) is 5.88 Å². The smallest absolute Gasteiger partial charge is 0.257 e. The van der Waals surface area contributed by atoms with E-state index in [4.69, 9.17) is 9.84 Å². The molecule has 9 heteroatoms. The molecule has 0 spiro atoms. The fourth-order valence-electron chi connectivity index (χ4n) is 4.50. The highest BCUT2D eigenvalue weighted by Crippen LogP contribution is 2.30. The number of ether oxygens (including phenoxy) is 1. The van der Waals surface area contributed by atoms with Crippen LogP contribution in [0.15, 0.2) is 79.1 Å². The zero-order valence-corrected chi connectivity index (χ0v) is 24.3. The number of hydrogen-bond acceptors (Lipinski definition) is 7. The second kappa shape index (κ2) is 11.4. The second-order valence-electron chi connectivity index (χ2n) is 11.2. The molecule has 0 fully saturated rings. The maximum absolute atomic E-state index is 13.7. The van der Waals surface area contributed by atoms with Gasteiger partial charge in [0.1, 0.15) is 23.7 Å². The molecule has 0 aliphatic heterocycles. The molecule has 2 aromatic heterocycles. The van der Waals surface area contributed by atoms with E-state index >= 15 is 0 Å². The van der Waals surface area contributed by atoms with Crippen LogP contribution in [-0.4, -0.2) is 51.7 Å². The van der Waals surface area contributed by atoms with Gasteiger partial charge in [0.05, 0.1) is 11.4 Å². The number of nitrogens with one attached hydrogen (secondary N) is 2. The van der Waals surface area contributed by atoms with Crippen LogP contribution in [0.2, 0.25) is 0 Å². The van der Waals surface area contributed by atoms with E-state index in [0.29, 0.717) is 28.8 Å². The molecule has 0 bridgehead atoms. The first-order valence-corrected chi connectivity index (χ1v) is 13.5. The Bertz CT molecular complexity index is 1690. The molecular formula is C32H35N7O2. The molecule has 9 nitrogen and oxygen atoms in total. The number of nitrogens with zero attached hydrogens (tertiary/aromatic N) is 5. The molecule has 3 aromatic carbocycles. The summed E-state index contributed by atoms with van der Waals surface area (Å²) >= 11 is 0. The lowest BCUT2D eigenvalue weighted by molar-refractivity contribution is 0.102. The number of carbonyl (C=O) groups is 1. The number of carbonyl (C=O) groups excluding carboxylic acids is 1. The molecule has 5 rings (SSSR count). The van der Waals surface area contributed by atoms with E-state index < -0.39 is 0 Å². The Morgan fingerprint density at radius 1 is 0.976 bits per heavy atom. The molecule has 41 heavy (non-hydrogen) atoms. The van der Waals surface area contributed by atoms with Crippen molar-refractivity contribution in [3.8, 4) is 17.3 Å². The maximum atomic E-state index is 13.7. The van der Waals surface area contributed by atoms with Crippen LogP contribution in [0.4, 0.5) is 11.6 Å². The van der Waals surface area contributed by atoms with E-state index in [-0.39, 0.29) is 11.3 Å². The number of anilines is 2. The Morgan fingerprint density at radius 3 is 2.46 bits per heavy atom. The highest BCUT2D eigenvalue weighted by molar-refractivity contribution is 6.13. The average molecular weight is 550 g/mol. The fourth-order valence-corrected chi connectivity index (χ4v) is 4.50. The molecule has 0 aliphatic rings. The van der Waals surface area contributed by atoms with Crippen molar-refractivity contribution < 1.29 is 9.53 Å². The Kier molecular flexibility index (Phi) is 7.72. The SMILES string of the molecule is CNc1cc(Oc2ccc3c(C(=O)Nc4cc(C(C)(C)C)nn4-c4ccc(CN(C)C)cc4)cccc3c2)ncn1. The van der Waals surface area contributed by atoms with Crippen molar-refractivity contribution in [2.24, 2.45) is 0 Å². The van der Waals surface area contributed by atoms with Gasteiger partial charge < -0.3 is 20.3 Å². The predicted molar refractivity (Wildman–Crippen MR) is 163 cm³/mol. The molecule has 0 atom stereocenters.